The Balaban J connectivity index is 1.62. The second-order valence-corrected chi connectivity index (χ2v) is 13.6. The van der Waals surface area contributed by atoms with Crippen LogP contribution in [0.15, 0.2) is 23.3 Å². The number of allylic oxidation sites excluding steroid dienone is 4. The molecule has 3 saturated carbocycles. The molecule has 0 aromatic heterocycles. The lowest BCUT2D eigenvalue weighted by atomic mass is 9.41. The molecular weight excluding hydrogens is 360 g/mol. The van der Waals surface area contributed by atoms with E-state index in [-0.39, 0.29) is 0 Å². The van der Waals surface area contributed by atoms with Crippen molar-refractivity contribution in [2.75, 3.05) is 0 Å². The Kier molecular flexibility index (Phi) is 5.68. The first-order valence-electron chi connectivity index (χ1n) is 13.3. The van der Waals surface area contributed by atoms with Crippen LogP contribution in [0.2, 0.25) is 0 Å². The Morgan fingerprint density at radius 2 is 1.77 bits per heavy atom. The van der Waals surface area contributed by atoms with Gasteiger partial charge in [0.1, 0.15) is 0 Å². The molecule has 0 aliphatic heterocycles. The summed E-state index contributed by atoms with van der Waals surface area (Å²) in [5.74, 6) is 3.50. The predicted molar refractivity (Wildman–Crippen MR) is 131 cm³/mol. The first kappa shape index (κ1) is 22.7. The molecule has 0 bridgehead atoms. The molecule has 0 aromatic rings. The van der Waals surface area contributed by atoms with E-state index in [0.29, 0.717) is 21.7 Å². The molecule has 0 nitrogen and oxygen atoms in total. The van der Waals surface area contributed by atoms with Crippen molar-refractivity contribution < 1.29 is 0 Å². The van der Waals surface area contributed by atoms with Crippen molar-refractivity contribution in [2.45, 2.75) is 120 Å². The van der Waals surface area contributed by atoms with E-state index < -0.39 is 0 Å². The van der Waals surface area contributed by atoms with Gasteiger partial charge in [-0.1, -0.05) is 71.3 Å². The minimum atomic E-state index is 0.445. The van der Waals surface area contributed by atoms with E-state index in [4.69, 9.17) is 0 Å². The van der Waals surface area contributed by atoms with Gasteiger partial charge in [-0.05, 0) is 117 Å². The van der Waals surface area contributed by atoms with E-state index >= 15 is 0 Å². The molecule has 3 fully saturated rings. The summed E-state index contributed by atoms with van der Waals surface area (Å²) in [6, 6.07) is 0. The highest BCUT2D eigenvalue weighted by atomic mass is 14.7. The van der Waals surface area contributed by atoms with Gasteiger partial charge in [-0.25, -0.2) is 0 Å². The molecule has 170 valence electrons. The van der Waals surface area contributed by atoms with Gasteiger partial charge in [0, 0.05) is 0 Å². The minimum Gasteiger partial charge on any atom is -0.0859 e. The van der Waals surface area contributed by atoms with E-state index in [2.05, 4.69) is 67.5 Å². The van der Waals surface area contributed by atoms with Gasteiger partial charge >= 0.3 is 0 Å². The van der Waals surface area contributed by atoms with E-state index in [1.165, 1.54) is 69.8 Å². The largest absolute Gasteiger partial charge is 0.0859 e. The Morgan fingerprint density at radius 3 is 2.47 bits per heavy atom. The molecule has 4 aliphatic carbocycles. The Bertz CT molecular complexity index is 718. The van der Waals surface area contributed by atoms with Crippen LogP contribution < -0.4 is 0 Å². The van der Waals surface area contributed by atoms with Crippen molar-refractivity contribution in [3.05, 3.63) is 23.3 Å². The second-order valence-electron chi connectivity index (χ2n) is 13.6. The molecule has 4 aliphatic rings. The fourth-order valence-electron chi connectivity index (χ4n) is 9.59. The number of rotatable bonds is 4. The molecule has 30 heavy (non-hydrogen) atoms. The molecular formula is C30H50. The smallest absolute Gasteiger partial charge is 0.00568 e. The molecule has 0 amide bonds. The van der Waals surface area contributed by atoms with Gasteiger partial charge in [-0.3, -0.25) is 0 Å². The van der Waals surface area contributed by atoms with Gasteiger partial charge in [0.2, 0.25) is 0 Å². The van der Waals surface area contributed by atoms with E-state index in [0.717, 1.165) is 23.7 Å². The highest BCUT2D eigenvalue weighted by Gasteiger charge is 2.64. The molecule has 0 unspecified atom stereocenters. The Morgan fingerprint density at radius 1 is 1.03 bits per heavy atom. The maximum Gasteiger partial charge on any atom is -0.00568 e. The maximum atomic E-state index is 2.80. The second kappa shape index (κ2) is 7.52. The standard InChI is InChI=1S/C30H50/c1-21(2)11-9-12-22(3)23-15-19-30(8)25-13-14-26-27(4,5)17-10-18-28(26,6)24(25)16-20-29(23,30)7/h11,13,22-24,26H,9-10,12,14-20H2,1-8H3/t22-,23+,24-,26+,28-,29+,30-/m1/s1. The van der Waals surface area contributed by atoms with Crippen LogP contribution in [-0.4, -0.2) is 0 Å². The number of hydrogen-bond donors (Lipinski definition) is 0. The molecule has 7 atom stereocenters. The summed E-state index contributed by atoms with van der Waals surface area (Å²) >= 11 is 0. The minimum absolute atomic E-state index is 0.445. The van der Waals surface area contributed by atoms with Crippen LogP contribution in [-0.2, 0) is 0 Å². The SMILES string of the molecule is CC(C)=CCC[C@@H](C)[C@@H]1CC[C@]2(C)C3=CC[C@H]4C(C)(C)CCC[C@]4(C)[C@@H]3CC[C@@]12C. The third-order valence-electron chi connectivity index (χ3n) is 11.5. The van der Waals surface area contributed by atoms with Crippen molar-refractivity contribution >= 4 is 0 Å². The lowest BCUT2D eigenvalue weighted by Crippen LogP contribution is -2.55. The zero-order chi connectivity index (χ0) is 21.9. The highest BCUT2D eigenvalue weighted by molar-refractivity contribution is 5.33. The van der Waals surface area contributed by atoms with Gasteiger partial charge in [-0.15, -0.1) is 0 Å². The average molecular weight is 411 g/mol. The van der Waals surface area contributed by atoms with Gasteiger partial charge in [0.05, 0.1) is 0 Å². The van der Waals surface area contributed by atoms with Crippen LogP contribution in [0.5, 0.6) is 0 Å². The third kappa shape index (κ3) is 3.21. The molecule has 0 saturated heterocycles. The van der Waals surface area contributed by atoms with Crippen LogP contribution >= 0.6 is 0 Å². The van der Waals surface area contributed by atoms with Gasteiger partial charge in [0.25, 0.3) is 0 Å². The first-order valence-corrected chi connectivity index (χ1v) is 13.3. The van der Waals surface area contributed by atoms with Gasteiger partial charge in [0.15, 0.2) is 0 Å². The van der Waals surface area contributed by atoms with Crippen LogP contribution in [0, 0.1) is 45.3 Å². The fraction of sp³-hybridized carbons (Fsp3) is 0.867. The Labute approximate surface area is 188 Å². The lowest BCUT2D eigenvalue weighted by molar-refractivity contribution is -0.0798. The quantitative estimate of drug-likeness (QED) is 0.405. The normalized spacial score (nSPS) is 45.6. The summed E-state index contributed by atoms with van der Waals surface area (Å²) in [5.41, 5.74) is 5.42. The summed E-state index contributed by atoms with van der Waals surface area (Å²) in [6.45, 7) is 20.3. The van der Waals surface area contributed by atoms with Crippen molar-refractivity contribution in [3.8, 4) is 0 Å². The van der Waals surface area contributed by atoms with Crippen molar-refractivity contribution in [3.63, 3.8) is 0 Å². The maximum absolute atomic E-state index is 2.80. The molecule has 0 N–H and O–H groups in total. The summed E-state index contributed by atoms with van der Waals surface area (Å²) in [4.78, 5) is 0. The topological polar surface area (TPSA) is 0 Å². The molecule has 0 heterocycles. The average Bonchev–Trinajstić information content (AvgIpc) is 2.92. The van der Waals surface area contributed by atoms with Crippen LogP contribution in [0.25, 0.3) is 0 Å². The van der Waals surface area contributed by atoms with E-state index in [1.54, 1.807) is 0 Å². The zero-order valence-electron chi connectivity index (χ0n) is 21.5. The van der Waals surface area contributed by atoms with E-state index in [9.17, 15) is 0 Å². The Hall–Kier alpha value is -0.520. The van der Waals surface area contributed by atoms with Crippen molar-refractivity contribution in [2.24, 2.45) is 45.3 Å². The zero-order valence-corrected chi connectivity index (χ0v) is 21.5. The predicted octanol–water partition coefficient (Wildman–Crippen LogP) is 9.36. The monoisotopic (exact) mass is 410 g/mol. The van der Waals surface area contributed by atoms with Crippen molar-refractivity contribution in [1.29, 1.82) is 0 Å². The summed E-state index contributed by atoms with van der Waals surface area (Å²) in [5, 5.41) is 0. The van der Waals surface area contributed by atoms with E-state index in [1.807, 2.05) is 5.57 Å². The summed E-state index contributed by atoms with van der Waals surface area (Å²) in [7, 11) is 0. The molecule has 0 heteroatoms. The van der Waals surface area contributed by atoms with Gasteiger partial charge in [-0.2, -0.15) is 0 Å². The molecule has 0 radical (unpaired) electrons. The van der Waals surface area contributed by atoms with Crippen LogP contribution in [0.3, 0.4) is 0 Å². The van der Waals surface area contributed by atoms with Crippen molar-refractivity contribution in [1.82, 2.24) is 0 Å². The highest BCUT2D eigenvalue weighted by Crippen LogP contribution is 2.73. The van der Waals surface area contributed by atoms with Gasteiger partial charge < -0.3 is 0 Å². The molecule has 4 rings (SSSR count). The van der Waals surface area contributed by atoms with Crippen LogP contribution in [0.1, 0.15) is 120 Å². The molecule has 0 aromatic carbocycles. The first-order chi connectivity index (χ1) is 14.0. The molecule has 0 spiro atoms. The summed E-state index contributed by atoms with van der Waals surface area (Å²) < 4.78 is 0. The van der Waals surface area contributed by atoms with Crippen LogP contribution in [0.4, 0.5) is 0 Å². The number of fused-ring (bicyclic) bond motifs is 5. The third-order valence-corrected chi connectivity index (χ3v) is 11.5. The number of hydrogen-bond acceptors (Lipinski definition) is 0. The lowest BCUT2D eigenvalue weighted by Gasteiger charge is -2.63. The summed E-state index contributed by atoms with van der Waals surface area (Å²) in [6.07, 6.45) is 19.4. The fourth-order valence-corrected chi connectivity index (χ4v) is 9.59.